The van der Waals surface area contributed by atoms with E-state index < -0.39 is 73.5 Å². The van der Waals surface area contributed by atoms with Crippen LogP contribution in [0.15, 0.2) is 30.5 Å². The van der Waals surface area contributed by atoms with Gasteiger partial charge in [-0.3, -0.25) is 19.2 Å². The molecule has 0 aliphatic carbocycles. The Morgan fingerprint density at radius 1 is 0.857 bits per heavy atom. The molecule has 35 heavy (non-hydrogen) atoms. The molecule has 0 spiro atoms. The van der Waals surface area contributed by atoms with E-state index in [1.54, 1.807) is 30.5 Å². The van der Waals surface area contributed by atoms with Gasteiger partial charge in [0.2, 0.25) is 17.7 Å². The van der Waals surface area contributed by atoms with Gasteiger partial charge in [0.15, 0.2) is 0 Å². The fourth-order valence-corrected chi connectivity index (χ4v) is 3.21. The molecule has 3 amide bonds. The molecule has 0 fully saturated rings. The van der Waals surface area contributed by atoms with E-state index in [-0.39, 0.29) is 6.42 Å². The molecule has 4 unspecified atom stereocenters. The van der Waals surface area contributed by atoms with Crippen molar-refractivity contribution >= 4 is 40.6 Å². The number of carbonyl (C=O) groups excluding carboxylic acids is 3. The van der Waals surface area contributed by atoms with Gasteiger partial charge in [-0.25, -0.2) is 4.79 Å². The first-order valence-corrected chi connectivity index (χ1v) is 10.4. The zero-order valence-electron chi connectivity index (χ0n) is 18.4. The highest BCUT2D eigenvalue weighted by Gasteiger charge is 2.30. The normalized spacial score (nSPS) is 14.4. The molecular formula is C21H27N5O9. The molecular weight excluding hydrogens is 466 g/mol. The summed E-state index contributed by atoms with van der Waals surface area (Å²) in [4.78, 5) is 62.7. The summed E-state index contributed by atoms with van der Waals surface area (Å²) in [5, 5.41) is 43.8. The predicted octanol–water partition coefficient (Wildman–Crippen LogP) is -2.96. The Bertz CT molecular complexity index is 1090. The molecule has 1 aromatic heterocycles. The number of amides is 3. The van der Waals surface area contributed by atoms with Crippen LogP contribution < -0.4 is 21.7 Å². The number of carboxylic acid groups (broad SMARTS) is 2. The molecule has 0 bridgehead atoms. The van der Waals surface area contributed by atoms with Crippen LogP contribution >= 0.6 is 0 Å². The molecule has 4 atom stereocenters. The molecule has 190 valence electrons. The van der Waals surface area contributed by atoms with Crippen molar-refractivity contribution in [3.05, 3.63) is 36.0 Å². The van der Waals surface area contributed by atoms with Crippen LogP contribution in [0, 0.1) is 0 Å². The van der Waals surface area contributed by atoms with Gasteiger partial charge >= 0.3 is 11.9 Å². The highest BCUT2D eigenvalue weighted by molar-refractivity contribution is 5.95. The lowest BCUT2D eigenvalue weighted by atomic mass is 10.0. The Hall–Kier alpha value is -4.01. The molecule has 14 heteroatoms. The lowest BCUT2D eigenvalue weighted by Gasteiger charge is -2.24. The summed E-state index contributed by atoms with van der Waals surface area (Å²) in [5.41, 5.74) is 6.96. The summed E-state index contributed by atoms with van der Waals surface area (Å²) >= 11 is 0. The molecule has 1 heterocycles. The second-order valence-corrected chi connectivity index (χ2v) is 7.65. The van der Waals surface area contributed by atoms with Gasteiger partial charge in [0, 0.05) is 23.5 Å². The van der Waals surface area contributed by atoms with Crippen molar-refractivity contribution in [2.45, 2.75) is 37.0 Å². The number of aliphatic hydroxyl groups is 2. The smallest absolute Gasteiger partial charge is 0.328 e. The van der Waals surface area contributed by atoms with Crippen LogP contribution in [-0.2, 0) is 30.4 Å². The summed E-state index contributed by atoms with van der Waals surface area (Å²) in [5.74, 6) is -5.78. The van der Waals surface area contributed by atoms with Crippen molar-refractivity contribution < 1.29 is 44.4 Å². The van der Waals surface area contributed by atoms with Crippen molar-refractivity contribution in [3.8, 4) is 0 Å². The number of fused-ring (bicyclic) bond motifs is 1. The Kier molecular flexibility index (Phi) is 9.69. The van der Waals surface area contributed by atoms with Crippen molar-refractivity contribution in [1.82, 2.24) is 20.9 Å². The van der Waals surface area contributed by atoms with E-state index in [0.29, 0.717) is 5.56 Å². The number of para-hydroxylation sites is 1. The maximum atomic E-state index is 13.0. The molecule has 1 aromatic carbocycles. The monoisotopic (exact) mass is 493 g/mol. The van der Waals surface area contributed by atoms with Gasteiger partial charge < -0.3 is 47.1 Å². The number of hydrogen-bond acceptors (Lipinski definition) is 8. The quantitative estimate of drug-likeness (QED) is 0.137. The molecule has 0 aliphatic heterocycles. The molecule has 2 aromatic rings. The Morgan fingerprint density at radius 2 is 1.43 bits per heavy atom. The Labute approximate surface area is 198 Å². The van der Waals surface area contributed by atoms with Crippen LogP contribution in [0.1, 0.15) is 12.0 Å². The topological polar surface area (TPSA) is 244 Å². The highest BCUT2D eigenvalue weighted by atomic mass is 16.4. The van der Waals surface area contributed by atoms with E-state index in [1.165, 1.54) is 0 Å². The van der Waals surface area contributed by atoms with Crippen LogP contribution in [0.4, 0.5) is 0 Å². The average molecular weight is 493 g/mol. The zero-order chi connectivity index (χ0) is 26.1. The van der Waals surface area contributed by atoms with Gasteiger partial charge in [0.25, 0.3) is 0 Å². The lowest BCUT2D eigenvalue weighted by molar-refractivity contribution is -0.143. The third-order valence-electron chi connectivity index (χ3n) is 5.08. The van der Waals surface area contributed by atoms with E-state index >= 15 is 0 Å². The number of carbonyl (C=O) groups is 5. The minimum absolute atomic E-state index is 0.0878. The van der Waals surface area contributed by atoms with E-state index in [2.05, 4.69) is 15.6 Å². The number of rotatable bonds is 13. The second kappa shape index (κ2) is 12.5. The van der Waals surface area contributed by atoms with Crippen LogP contribution in [0.25, 0.3) is 10.9 Å². The molecule has 0 radical (unpaired) electrons. The minimum atomic E-state index is -1.66. The van der Waals surface area contributed by atoms with Crippen LogP contribution in [0.5, 0.6) is 0 Å². The lowest BCUT2D eigenvalue weighted by Crippen LogP contribution is -2.59. The minimum Gasteiger partial charge on any atom is -0.481 e. The Morgan fingerprint density at radius 3 is 2.03 bits per heavy atom. The Balaban J connectivity index is 2.23. The maximum Gasteiger partial charge on any atom is 0.328 e. The van der Waals surface area contributed by atoms with Gasteiger partial charge in [0.1, 0.15) is 18.1 Å². The van der Waals surface area contributed by atoms with Crippen molar-refractivity contribution in [2.24, 2.45) is 5.73 Å². The largest absolute Gasteiger partial charge is 0.481 e. The summed E-state index contributed by atoms with van der Waals surface area (Å²) in [6, 6.07) is 1.07. The van der Waals surface area contributed by atoms with Gasteiger partial charge in [-0.1, -0.05) is 18.2 Å². The fourth-order valence-electron chi connectivity index (χ4n) is 3.21. The van der Waals surface area contributed by atoms with Gasteiger partial charge in [-0.05, 0) is 11.6 Å². The van der Waals surface area contributed by atoms with Gasteiger partial charge in [-0.2, -0.15) is 0 Å². The van der Waals surface area contributed by atoms with Crippen molar-refractivity contribution in [1.29, 1.82) is 0 Å². The molecule has 10 N–H and O–H groups in total. The van der Waals surface area contributed by atoms with Gasteiger partial charge in [-0.15, -0.1) is 0 Å². The first-order valence-electron chi connectivity index (χ1n) is 10.4. The predicted molar refractivity (Wildman–Crippen MR) is 120 cm³/mol. The average Bonchev–Trinajstić information content (AvgIpc) is 3.22. The molecule has 0 saturated carbocycles. The number of nitrogens with one attached hydrogen (secondary N) is 4. The zero-order valence-corrected chi connectivity index (χ0v) is 18.4. The number of aliphatic carboxylic acids is 2. The van der Waals surface area contributed by atoms with Crippen LogP contribution in [0.3, 0.4) is 0 Å². The number of aromatic nitrogens is 1. The van der Waals surface area contributed by atoms with Crippen molar-refractivity contribution in [3.63, 3.8) is 0 Å². The van der Waals surface area contributed by atoms with E-state index in [9.17, 15) is 29.1 Å². The van der Waals surface area contributed by atoms with Crippen LogP contribution in [0.2, 0.25) is 0 Å². The number of H-pyrrole nitrogens is 1. The number of hydrogen-bond donors (Lipinski definition) is 9. The van der Waals surface area contributed by atoms with Crippen LogP contribution in [-0.4, -0.2) is 92.5 Å². The third-order valence-corrected chi connectivity index (χ3v) is 5.08. The number of nitrogens with two attached hydrogens (primary N) is 1. The molecule has 2 rings (SSSR count). The van der Waals surface area contributed by atoms with E-state index in [1.807, 2.05) is 5.32 Å². The molecule has 0 saturated heterocycles. The summed E-state index contributed by atoms with van der Waals surface area (Å²) in [6.45, 7) is -1.84. The third kappa shape index (κ3) is 7.49. The first kappa shape index (κ1) is 27.2. The highest BCUT2D eigenvalue weighted by Crippen LogP contribution is 2.19. The summed E-state index contributed by atoms with van der Waals surface area (Å²) < 4.78 is 0. The summed E-state index contributed by atoms with van der Waals surface area (Å²) in [7, 11) is 0. The summed E-state index contributed by atoms with van der Waals surface area (Å²) in [6.07, 6.45) is 0.839. The van der Waals surface area contributed by atoms with Crippen molar-refractivity contribution in [2.75, 3.05) is 13.2 Å². The van der Waals surface area contributed by atoms with Gasteiger partial charge in [0.05, 0.1) is 25.7 Å². The number of aliphatic hydroxyl groups excluding tert-OH is 2. The first-order chi connectivity index (χ1) is 16.6. The number of benzene rings is 1. The van der Waals surface area contributed by atoms with E-state index in [4.69, 9.17) is 21.1 Å². The molecule has 0 aliphatic rings. The number of carboxylic acids is 2. The maximum absolute atomic E-state index is 13.0. The second-order valence-electron chi connectivity index (χ2n) is 7.65. The standard InChI is InChI=1S/C21H27N5O9/c22-12(6-17(29)30)18(31)24-14(5-10-7-23-13-4-2-1-3-11(10)13)19(32)25-15(8-27)20(33)26-16(9-28)21(34)35/h1-4,7,12,14-16,23,27-28H,5-6,8-9,22H2,(H,24,31)(H,25,32)(H,26,33)(H,29,30)(H,34,35). The SMILES string of the molecule is NC(CC(=O)O)C(=O)NC(Cc1c[nH]c2ccccc12)C(=O)NC(CO)C(=O)NC(CO)C(=O)O. The fraction of sp³-hybridized carbons (Fsp3) is 0.381. The molecule has 14 nitrogen and oxygen atoms in total. The number of aromatic amines is 1. The van der Waals surface area contributed by atoms with E-state index in [0.717, 1.165) is 10.9 Å².